The molecule has 0 radical (unpaired) electrons. The monoisotopic (exact) mass is 604 g/mol. The van der Waals surface area contributed by atoms with Gasteiger partial charge in [0.05, 0.1) is 42.1 Å². The minimum Gasteiger partial charge on any atom is -0.447 e. The van der Waals surface area contributed by atoms with Gasteiger partial charge in [-0.25, -0.2) is 9.78 Å². The van der Waals surface area contributed by atoms with E-state index in [1.807, 2.05) is 49.9 Å². The van der Waals surface area contributed by atoms with E-state index >= 15 is 0 Å². The van der Waals surface area contributed by atoms with Gasteiger partial charge in [0.25, 0.3) is 5.91 Å². The highest BCUT2D eigenvalue weighted by molar-refractivity contribution is 6.30. The zero-order chi connectivity index (χ0) is 30.3. The second kappa shape index (κ2) is 11.7. The van der Waals surface area contributed by atoms with Crippen LogP contribution in [0.5, 0.6) is 0 Å². The first-order valence-corrected chi connectivity index (χ1v) is 15.1. The van der Waals surface area contributed by atoms with E-state index < -0.39 is 11.6 Å². The number of piperazine rings is 1. The number of pyridine rings is 1. The largest absolute Gasteiger partial charge is 0.447 e. The smallest absolute Gasteiger partial charge is 0.410 e. The second-order valence-electron chi connectivity index (χ2n) is 11.7. The summed E-state index contributed by atoms with van der Waals surface area (Å²) in [6.07, 6.45) is 8.34. The van der Waals surface area contributed by atoms with E-state index in [2.05, 4.69) is 33.4 Å². The van der Waals surface area contributed by atoms with Gasteiger partial charge in [-0.2, -0.15) is 0 Å². The predicted octanol–water partition coefficient (Wildman–Crippen LogP) is 4.61. The van der Waals surface area contributed by atoms with Crippen LogP contribution >= 0.6 is 11.6 Å². The number of ether oxygens (including phenoxy) is 2. The molecule has 2 aliphatic carbocycles. The van der Waals surface area contributed by atoms with Gasteiger partial charge in [0.2, 0.25) is 0 Å². The van der Waals surface area contributed by atoms with Gasteiger partial charge >= 0.3 is 6.09 Å². The van der Waals surface area contributed by atoms with Crippen LogP contribution in [0, 0.1) is 0 Å². The summed E-state index contributed by atoms with van der Waals surface area (Å²) in [6.45, 7) is 6.08. The molecule has 2 amide bonds. The Morgan fingerprint density at radius 3 is 2.56 bits per heavy atom. The minimum atomic E-state index is -0.808. The molecule has 10 nitrogen and oxygen atoms in total. The molecule has 2 atom stereocenters. The van der Waals surface area contributed by atoms with Crippen LogP contribution in [0.1, 0.15) is 66.9 Å². The highest BCUT2D eigenvalue weighted by Crippen LogP contribution is 2.45. The third-order valence-corrected chi connectivity index (χ3v) is 8.82. The molecule has 2 aromatic heterocycles. The summed E-state index contributed by atoms with van der Waals surface area (Å²) in [4.78, 5) is 39.6. The van der Waals surface area contributed by atoms with Crippen LogP contribution in [0.25, 0.3) is 11.6 Å². The molecule has 0 bridgehead atoms. The van der Waals surface area contributed by atoms with Gasteiger partial charge in [0.15, 0.2) is 0 Å². The molecule has 226 valence electrons. The van der Waals surface area contributed by atoms with Crippen molar-refractivity contribution >= 4 is 35.3 Å². The number of nitrogens with zero attached hydrogens (tertiary/aromatic N) is 5. The fourth-order valence-corrected chi connectivity index (χ4v) is 6.27. The van der Waals surface area contributed by atoms with Crippen LogP contribution in [0.3, 0.4) is 0 Å². The van der Waals surface area contributed by atoms with Crippen LogP contribution in [0.4, 0.5) is 4.79 Å². The predicted molar refractivity (Wildman–Crippen MR) is 163 cm³/mol. The number of fused-ring (bicyclic) bond motifs is 2. The lowest BCUT2D eigenvalue weighted by Crippen LogP contribution is -2.50. The van der Waals surface area contributed by atoms with Crippen molar-refractivity contribution < 1.29 is 19.1 Å². The fraction of sp³-hybridized carbons (Fsp3) is 0.438. The van der Waals surface area contributed by atoms with Gasteiger partial charge < -0.3 is 24.3 Å². The number of hydrogen-bond donors (Lipinski definition) is 1. The third-order valence-electron chi connectivity index (χ3n) is 8.58. The number of halogens is 1. The van der Waals surface area contributed by atoms with E-state index in [1.165, 1.54) is 0 Å². The van der Waals surface area contributed by atoms with E-state index in [0.717, 1.165) is 33.7 Å². The highest BCUT2D eigenvalue weighted by Gasteiger charge is 2.51. The van der Waals surface area contributed by atoms with Gasteiger partial charge in [0, 0.05) is 51.6 Å². The number of benzene rings is 1. The topological polar surface area (TPSA) is 102 Å². The normalized spacial score (nSPS) is 20.0. The Labute approximate surface area is 256 Å². The van der Waals surface area contributed by atoms with Crippen LogP contribution in [0.15, 0.2) is 49.1 Å². The van der Waals surface area contributed by atoms with Crippen molar-refractivity contribution in [3.8, 4) is 0 Å². The van der Waals surface area contributed by atoms with Crippen molar-refractivity contribution in [1.82, 2.24) is 29.7 Å². The molecule has 1 saturated heterocycles. The van der Waals surface area contributed by atoms with Gasteiger partial charge in [-0.3, -0.25) is 14.7 Å². The van der Waals surface area contributed by atoms with Crippen LogP contribution in [0.2, 0.25) is 5.02 Å². The Morgan fingerprint density at radius 1 is 1.14 bits per heavy atom. The Kier molecular flexibility index (Phi) is 8.02. The lowest BCUT2D eigenvalue weighted by atomic mass is 9.89. The van der Waals surface area contributed by atoms with Crippen molar-refractivity contribution in [2.45, 2.75) is 50.5 Å². The molecule has 2 fully saturated rings. The first-order chi connectivity index (χ1) is 20.7. The molecule has 43 heavy (non-hydrogen) atoms. The van der Waals surface area contributed by atoms with Crippen molar-refractivity contribution in [3.05, 3.63) is 82.2 Å². The van der Waals surface area contributed by atoms with E-state index in [0.29, 0.717) is 44.0 Å². The maximum absolute atomic E-state index is 13.6. The molecule has 1 N–H and O–H groups in total. The maximum Gasteiger partial charge on any atom is 0.410 e. The van der Waals surface area contributed by atoms with E-state index in [-0.39, 0.29) is 24.1 Å². The molecular formula is C32H37ClN6O4. The quantitative estimate of drug-likeness (QED) is 0.420. The van der Waals surface area contributed by atoms with Gasteiger partial charge in [0.1, 0.15) is 5.60 Å². The van der Waals surface area contributed by atoms with Crippen LogP contribution in [-0.2, 0) is 21.3 Å². The van der Waals surface area contributed by atoms with Crippen LogP contribution in [-0.4, -0.2) is 81.3 Å². The molecule has 3 aliphatic rings. The van der Waals surface area contributed by atoms with Crippen molar-refractivity contribution in [2.75, 3.05) is 33.3 Å². The summed E-state index contributed by atoms with van der Waals surface area (Å²) in [6, 6.07) is 9.18. The lowest BCUT2D eigenvalue weighted by molar-refractivity contribution is -0.134. The Balaban J connectivity index is 1.43. The summed E-state index contributed by atoms with van der Waals surface area (Å²) in [7, 11) is 3.50. The molecule has 11 heteroatoms. The zero-order valence-electron chi connectivity index (χ0n) is 24.9. The average Bonchev–Trinajstić information content (AvgIpc) is 3.72. The molecule has 6 rings (SSSR count). The summed E-state index contributed by atoms with van der Waals surface area (Å²) < 4.78 is 13.0. The molecule has 1 aromatic carbocycles. The minimum absolute atomic E-state index is 0.151. The van der Waals surface area contributed by atoms with Gasteiger partial charge in [-0.1, -0.05) is 23.7 Å². The Hall–Kier alpha value is -3.73. The van der Waals surface area contributed by atoms with E-state index in [4.69, 9.17) is 26.1 Å². The number of methoxy groups -OCH3 is 1. The number of carbonyl (C=O) groups excluding carboxylic acids is 2. The summed E-state index contributed by atoms with van der Waals surface area (Å²) in [5.41, 5.74) is 4.72. The average molecular weight is 605 g/mol. The molecule has 3 heterocycles. The third kappa shape index (κ3) is 5.67. The van der Waals surface area contributed by atoms with E-state index in [9.17, 15) is 9.59 Å². The maximum atomic E-state index is 13.6. The number of hydrogen-bond acceptors (Lipinski definition) is 7. The summed E-state index contributed by atoms with van der Waals surface area (Å²) >= 11 is 6.67. The van der Waals surface area contributed by atoms with Crippen LogP contribution < -0.4 is 5.32 Å². The number of rotatable bonds is 7. The second-order valence-corrected chi connectivity index (χ2v) is 12.1. The lowest BCUT2D eigenvalue weighted by Gasteiger charge is -2.39. The number of amides is 2. The molecule has 3 aromatic rings. The zero-order valence-corrected chi connectivity index (χ0v) is 25.7. The molecule has 1 saturated carbocycles. The summed E-state index contributed by atoms with van der Waals surface area (Å²) in [5.74, 6) is -0.151. The Bertz CT molecular complexity index is 1560. The van der Waals surface area contributed by atoms with E-state index in [1.54, 1.807) is 24.5 Å². The molecule has 0 unspecified atom stereocenters. The highest BCUT2D eigenvalue weighted by atomic mass is 35.5. The molecule has 0 spiro atoms. The van der Waals surface area contributed by atoms with Gasteiger partial charge in [-0.05, 0) is 73.2 Å². The van der Waals surface area contributed by atoms with Gasteiger partial charge in [-0.15, -0.1) is 0 Å². The summed E-state index contributed by atoms with van der Waals surface area (Å²) in [5, 5.41) is 3.89. The number of nitrogens with one attached hydrogen (secondary N) is 1. The molecule has 1 aliphatic heterocycles. The number of aromatic nitrogens is 3. The standard InChI is InChI=1S/C32H37ClN6O4/c1-20(2)43-31(41)39-14-12-38(13-15-39)29-23-8-7-22(33)17-24(23)25(16-21-6-5-11-35-27(21)29)28(26-18-34-19-37(26)3)36-30(40)32(42-4)9-10-32/h5-8,11,16-20,28-29H,9-10,12-15H2,1-4H3,(H,36,40)/t28-,29+/m1/s1. The Morgan fingerprint density at radius 2 is 1.91 bits per heavy atom. The number of imidazole rings is 1. The molecular weight excluding hydrogens is 568 g/mol. The number of carbonyl (C=O) groups is 2. The number of aryl methyl sites for hydroxylation is 1. The SMILES string of the molecule is COC1(C(=O)N[C@H](C2=Cc3cccnc3[C@@H](N3CCN(C(=O)OC(C)C)CC3)c3ccc(Cl)cc32)c2cncn2C)CC1. The fourth-order valence-electron chi connectivity index (χ4n) is 6.09. The van der Waals surface area contributed by atoms with Crippen molar-refractivity contribution in [1.29, 1.82) is 0 Å². The van der Waals surface area contributed by atoms with Crippen molar-refractivity contribution in [3.63, 3.8) is 0 Å². The van der Waals surface area contributed by atoms with Crippen molar-refractivity contribution in [2.24, 2.45) is 7.05 Å². The first kappa shape index (κ1) is 29.3. The first-order valence-electron chi connectivity index (χ1n) is 14.7.